The van der Waals surface area contributed by atoms with E-state index in [1.54, 1.807) is 6.07 Å². The summed E-state index contributed by atoms with van der Waals surface area (Å²) in [5.74, 6) is -0.790. The molecule has 4 nitrogen and oxygen atoms in total. The molecular weight excluding hydrogens is 333 g/mol. The minimum Gasteiger partial charge on any atom is -0.356 e. The second-order valence-corrected chi connectivity index (χ2v) is 6.37. The highest BCUT2D eigenvalue weighted by atomic mass is 19.4. The van der Waals surface area contributed by atoms with Crippen molar-refractivity contribution in [1.29, 1.82) is 0 Å². The first-order valence-electron chi connectivity index (χ1n) is 8.53. The number of nitrogens with zero attached hydrogens (tertiary/aromatic N) is 1. The second kappa shape index (κ2) is 8.36. The van der Waals surface area contributed by atoms with Gasteiger partial charge in [0, 0.05) is 26.1 Å². The Morgan fingerprint density at radius 3 is 2.76 bits per heavy atom. The Morgan fingerprint density at radius 2 is 2.08 bits per heavy atom. The molecule has 1 saturated heterocycles. The van der Waals surface area contributed by atoms with Gasteiger partial charge in [-0.05, 0) is 24.1 Å². The van der Waals surface area contributed by atoms with Crippen molar-refractivity contribution >= 4 is 11.8 Å². The molecule has 1 aliphatic rings. The molecule has 1 aromatic carbocycles. The summed E-state index contributed by atoms with van der Waals surface area (Å²) in [7, 11) is 0. The molecule has 0 radical (unpaired) electrons. The van der Waals surface area contributed by atoms with Gasteiger partial charge in [0.25, 0.3) is 0 Å². The number of nitrogens with one attached hydrogen (secondary N) is 1. The molecule has 1 aromatic rings. The van der Waals surface area contributed by atoms with Gasteiger partial charge in [-0.25, -0.2) is 0 Å². The number of halogens is 3. The lowest BCUT2D eigenvalue weighted by atomic mass is 10.1. The van der Waals surface area contributed by atoms with Crippen molar-refractivity contribution in [2.24, 2.45) is 5.92 Å². The van der Waals surface area contributed by atoms with Crippen LogP contribution in [0.1, 0.15) is 43.7 Å². The number of rotatable bonds is 7. The van der Waals surface area contributed by atoms with Crippen molar-refractivity contribution in [1.82, 2.24) is 10.2 Å². The van der Waals surface area contributed by atoms with Crippen LogP contribution in [0.15, 0.2) is 24.3 Å². The average molecular weight is 356 g/mol. The quantitative estimate of drug-likeness (QED) is 0.762. The predicted molar refractivity (Wildman–Crippen MR) is 87.5 cm³/mol. The Hall–Kier alpha value is -2.05. The highest BCUT2D eigenvalue weighted by Gasteiger charge is 2.35. The monoisotopic (exact) mass is 356 g/mol. The topological polar surface area (TPSA) is 49.4 Å². The molecule has 0 bridgehead atoms. The molecule has 1 N–H and O–H groups in total. The highest BCUT2D eigenvalue weighted by molar-refractivity contribution is 5.89. The fraction of sp³-hybridized carbons (Fsp3) is 0.556. The maximum Gasteiger partial charge on any atom is 0.416 e. The Kier molecular flexibility index (Phi) is 6.45. The molecule has 1 fully saturated rings. The van der Waals surface area contributed by atoms with E-state index in [1.807, 2.05) is 0 Å². The lowest BCUT2D eigenvalue weighted by Crippen LogP contribution is -2.33. The van der Waals surface area contributed by atoms with E-state index < -0.39 is 17.7 Å². The Balaban J connectivity index is 1.91. The van der Waals surface area contributed by atoms with Crippen molar-refractivity contribution in [3.8, 4) is 0 Å². The van der Waals surface area contributed by atoms with E-state index in [4.69, 9.17) is 0 Å². The van der Waals surface area contributed by atoms with Crippen LogP contribution in [0.3, 0.4) is 0 Å². The van der Waals surface area contributed by atoms with Gasteiger partial charge >= 0.3 is 6.18 Å². The number of likely N-dealkylation sites (tertiary alicyclic amines) is 1. The minimum atomic E-state index is -4.41. The van der Waals surface area contributed by atoms with Crippen molar-refractivity contribution in [2.75, 3.05) is 13.1 Å². The van der Waals surface area contributed by atoms with Gasteiger partial charge in [-0.2, -0.15) is 13.2 Å². The van der Waals surface area contributed by atoms with Crippen LogP contribution < -0.4 is 5.32 Å². The zero-order valence-electron chi connectivity index (χ0n) is 14.2. The normalized spacial score (nSPS) is 17.8. The second-order valence-electron chi connectivity index (χ2n) is 6.37. The van der Waals surface area contributed by atoms with Crippen LogP contribution in [0.2, 0.25) is 0 Å². The van der Waals surface area contributed by atoms with Gasteiger partial charge in [0.15, 0.2) is 0 Å². The fourth-order valence-electron chi connectivity index (χ4n) is 2.90. The minimum absolute atomic E-state index is 0.0857. The summed E-state index contributed by atoms with van der Waals surface area (Å²) in [5, 5.41) is 2.83. The van der Waals surface area contributed by atoms with Gasteiger partial charge in [0.2, 0.25) is 11.8 Å². The average Bonchev–Trinajstić information content (AvgIpc) is 2.92. The first-order chi connectivity index (χ1) is 11.8. The molecule has 7 heteroatoms. The van der Waals surface area contributed by atoms with E-state index >= 15 is 0 Å². The third kappa shape index (κ3) is 5.47. The molecule has 0 saturated carbocycles. The molecule has 1 atom stereocenters. The van der Waals surface area contributed by atoms with Gasteiger partial charge in [-0.3, -0.25) is 9.59 Å². The third-order valence-corrected chi connectivity index (χ3v) is 4.29. The van der Waals surface area contributed by atoms with Gasteiger partial charge in [0.1, 0.15) is 0 Å². The van der Waals surface area contributed by atoms with Gasteiger partial charge < -0.3 is 10.2 Å². The Labute approximate surface area is 145 Å². The predicted octanol–water partition coefficient (Wildman–Crippen LogP) is 3.36. The summed E-state index contributed by atoms with van der Waals surface area (Å²) in [6.07, 6.45) is -1.31. The number of hydrogen-bond donors (Lipinski definition) is 1. The molecular formula is C18H23F3N2O2. The molecule has 1 heterocycles. The van der Waals surface area contributed by atoms with Crippen LogP contribution in [-0.4, -0.2) is 29.8 Å². The summed E-state index contributed by atoms with van der Waals surface area (Å²) in [5.41, 5.74) is -0.325. The summed E-state index contributed by atoms with van der Waals surface area (Å²) in [6.45, 7) is 2.99. The smallest absolute Gasteiger partial charge is 0.356 e. The van der Waals surface area contributed by atoms with Crippen molar-refractivity contribution < 1.29 is 22.8 Å². The van der Waals surface area contributed by atoms with E-state index in [0.29, 0.717) is 12.1 Å². The number of amides is 2. The van der Waals surface area contributed by atoms with Crippen LogP contribution in [0, 0.1) is 5.92 Å². The van der Waals surface area contributed by atoms with Crippen LogP contribution in [0.25, 0.3) is 0 Å². The molecule has 1 unspecified atom stereocenters. The van der Waals surface area contributed by atoms with E-state index in [1.165, 1.54) is 11.0 Å². The molecule has 0 aromatic heterocycles. The van der Waals surface area contributed by atoms with Crippen LogP contribution in [0.5, 0.6) is 0 Å². The number of hydrogen-bond acceptors (Lipinski definition) is 2. The van der Waals surface area contributed by atoms with Gasteiger partial charge in [0.05, 0.1) is 11.5 Å². The summed E-state index contributed by atoms with van der Waals surface area (Å²) >= 11 is 0. The molecule has 0 spiro atoms. The first-order valence-corrected chi connectivity index (χ1v) is 8.53. The summed E-state index contributed by atoms with van der Waals surface area (Å²) in [4.78, 5) is 25.6. The Morgan fingerprint density at radius 1 is 1.32 bits per heavy atom. The number of carbonyl (C=O) groups excluding carboxylic acids is 2. The number of alkyl halides is 3. The molecule has 1 aliphatic heterocycles. The zero-order chi connectivity index (χ0) is 18.4. The van der Waals surface area contributed by atoms with Crippen molar-refractivity contribution in [3.05, 3.63) is 35.4 Å². The van der Waals surface area contributed by atoms with Crippen molar-refractivity contribution in [2.45, 2.75) is 45.3 Å². The van der Waals surface area contributed by atoms with Gasteiger partial charge in [-0.15, -0.1) is 0 Å². The lowest BCUT2D eigenvalue weighted by Gasteiger charge is -2.17. The molecule has 2 rings (SSSR count). The van der Waals surface area contributed by atoms with E-state index in [9.17, 15) is 22.8 Å². The lowest BCUT2D eigenvalue weighted by molar-refractivity contribution is -0.137. The van der Waals surface area contributed by atoms with Crippen molar-refractivity contribution in [3.63, 3.8) is 0 Å². The Bertz CT molecular complexity index is 617. The SMILES string of the molecule is CCCCCNC(=O)C1CC(=O)N(Cc2cccc(C(F)(F)F)c2)C1. The van der Waals surface area contributed by atoms with Gasteiger partial charge in [-0.1, -0.05) is 31.9 Å². The summed E-state index contributed by atoms with van der Waals surface area (Å²) < 4.78 is 38.3. The highest BCUT2D eigenvalue weighted by Crippen LogP contribution is 2.30. The largest absolute Gasteiger partial charge is 0.416 e. The van der Waals surface area contributed by atoms with Crippen LogP contribution >= 0.6 is 0 Å². The van der Waals surface area contributed by atoms with E-state index in [-0.39, 0.29) is 31.3 Å². The maximum atomic E-state index is 12.8. The third-order valence-electron chi connectivity index (χ3n) is 4.29. The molecule has 25 heavy (non-hydrogen) atoms. The summed E-state index contributed by atoms with van der Waals surface area (Å²) in [6, 6.07) is 4.94. The fourth-order valence-corrected chi connectivity index (χ4v) is 2.90. The van der Waals surface area contributed by atoms with Crippen LogP contribution in [-0.2, 0) is 22.3 Å². The molecule has 0 aliphatic carbocycles. The number of unbranched alkanes of at least 4 members (excludes halogenated alkanes) is 2. The zero-order valence-corrected chi connectivity index (χ0v) is 14.2. The number of carbonyl (C=O) groups is 2. The van der Waals surface area contributed by atoms with E-state index in [2.05, 4.69) is 12.2 Å². The maximum absolute atomic E-state index is 12.8. The number of benzene rings is 1. The van der Waals surface area contributed by atoms with Crippen LogP contribution in [0.4, 0.5) is 13.2 Å². The van der Waals surface area contributed by atoms with E-state index in [0.717, 1.165) is 31.4 Å². The standard InChI is InChI=1S/C18H23F3N2O2/c1-2-3-4-8-22-17(25)14-10-16(24)23(12-14)11-13-6-5-7-15(9-13)18(19,20)21/h5-7,9,14H,2-4,8,10-12H2,1H3,(H,22,25). The molecule has 2 amide bonds. The first kappa shape index (κ1) is 19.3. The molecule has 138 valence electrons.